The van der Waals surface area contributed by atoms with Crippen LogP contribution in [0.25, 0.3) is 0 Å². The predicted molar refractivity (Wildman–Crippen MR) is 85.6 cm³/mol. The summed E-state index contributed by atoms with van der Waals surface area (Å²) in [5.74, 6) is -1.56. The molecule has 0 spiro atoms. The van der Waals surface area contributed by atoms with Gasteiger partial charge in [0.1, 0.15) is 6.54 Å². The van der Waals surface area contributed by atoms with Gasteiger partial charge in [-0.15, -0.1) is 0 Å². The second-order valence-electron chi connectivity index (χ2n) is 7.23. The van der Waals surface area contributed by atoms with Gasteiger partial charge >= 0.3 is 6.18 Å². The number of hydrogen-bond donors (Lipinski definition) is 1. The zero-order chi connectivity index (χ0) is 19.0. The molecule has 25 heavy (non-hydrogen) atoms. The molecule has 1 heterocycles. The van der Waals surface area contributed by atoms with Crippen LogP contribution in [0.15, 0.2) is 0 Å². The summed E-state index contributed by atoms with van der Waals surface area (Å²) < 4.78 is 43.1. The van der Waals surface area contributed by atoms with Crippen molar-refractivity contribution in [2.45, 2.75) is 58.4 Å². The molecule has 4 atom stereocenters. The molecule has 1 saturated heterocycles. The quantitative estimate of drug-likeness (QED) is 0.787. The lowest BCUT2D eigenvalue weighted by molar-refractivity contribution is -0.173. The minimum Gasteiger partial charge on any atom is -0.380 e. The van der Waals surface area contributed by atoms with Crippen molar-refractivity contribution < 1.29 is 27.5 Å². The SMILES string of the molecule is CCC1(CC)[C@H](NC(=O)[C@@H]2CC(=O)N(CC(F)(F)F)C2)[C@@H](C)[C@@H]1OC. The fraction of sp³-hybridized carbons (Fsp3) is 0.882. The summed E-state index contributed by atoms with van der Waals surface area (Å²) in [5.41, 5.74) is -0.169. The van der Waals surface area contributed by atoms with Crippen molar-refractivity contribution in [2.75, 3.05) is 20.2 Å². The zero-order valence-electron chi connectivity index (χ0n) is 15.2. The molecule has 8 heteroatoms. The average molecular weight is 364 g/mol. The van der Waals surface area contributed by atoms with E-state index in [1.807, 2.05) is 20.8 Å². The topological polar surface area (TPSA) is 58.6 Å². The van der Waals surface area contributed by atoms with Gasteiger partial charge in [0, 0.05) is 37.5 Å². The monoisotopic (exact) mass is 364 g/mol. The van der Waals surface area contributed by atoms with E-state index < -0.39 is 24.5 Å². The molecule has 2 rings (SSSR count). The Balaban J connectivity index is 2.02. The molecule has 1 saturated carbocycles. The summed E-state index contributed by atoms with van der Waals surface area (Å²) in [6, 6.07) is -0.0910. The van der Waals surface area contributed by atoms with Gasteiger partial charge in [0.25, 0.3) is 0 Å². The highest BCUT2D eigenvalue weighted by atomic mass is 19.4. The lowest BCUT2D eigenvalue weighted by atomic mass is 9.53. The maximum absolute atomic E-state index is 12.6. The molecule has 0 unspecified atom stereocenters. The second-order valence-corrected chi connectivity index (χ2v) is 7.23. The van der Waals surface area contributed by atoms with Crippen LogP contribution in [-0.4, -0.2) is 55.2 Å². The molecule has 0 aromatic heterocycles. The maximum atomic E-state index is 12.6. The summed E-state index contributed by atoms with van der Waals surface area (Å²) in [4.78, 5) is 25.0. The van der Waals surface area contributed by atoms with Gasteiger partial charge in [-0.1, -0.05) is 20.8 Å². The Morgan fingerprint density at radius 2 is 1.96 bits per heavy atom. The number of halogens is 3. The Morgan fingerprint density at radius 3 is 2.44 bits per heavy atom. The third kappa shape index (κ3) is 3.64. The van der Waals surface area contributed by atoms with E-state index in [4.69, 9.17) is 4.74 Å². The van der Waals surface area contributed by atoms with Gasteiger partial charge in [-0.2, -0.15) is 13.2 Å². The Hall–Kier alpha value is -1.31. The van der Waals surface area contributed by atoms with E-state index in [0.29, 0.717) is 0 Å². The van der Waals surface area contributed by atoms with Gasteiger partial charge in [0.2, 0.25) is 11.8 Å². The number of likely N-dealkylation sites (tertiary alicyclic amines) is 1. The van der Waals surface area contributed by atoms with Gasteiger partial charge in [0.05, 0.1) is 12.0 Å². The number of rotatable bonds is 6. The third-order valence-electron chi connectivity index (χ3n) is 6.01. The van der Waals surface area contributed by atoms with E-state index in [1.54, 1.807) is 7.11 Å². The van der Waals surface area contributed by atoms with Gasteiger partial charge in [-0.05, 0) is 12.8 Å². The third-order valence-corrected chi connectivity index (χ3v) is 6.01. The molecule has 2 amide bonds. The van der Waals surface area contributed by atoms with Crippen molar-refractivity contribution in [2.24, 2.45) is 17.3 Å². The van der Waals surface area contributed by atoms with E-state index in [9.17, 15) is 22.8 Å². The van der Waals surface area contributed by atoms with Crippen molar-refractivity contribution >= 4 is 11.8 Å². The van der Waals surface area contributed by atoms with Crippen LogP contribution in [-0.2, 0) is 14.3 Å². The summed E-state index contributed by atoms with van der Waals surface area (Å²) in [5, 5.41) is 2.99. The lowest BCUT2D eigenvalue weighted by Gasteiger charge is -2.59. The standard InChI is InChI=1S/C17H27F3N2O3/c1-5-16(6-2)13(10(3)14(16)25-4)21-15(24)11-7-12(23)22(8-11)9-17(18,19)20/h10-11,13-14H,5-9H2,1-4H3,(H,21,24)/t10-,11-,13-,14+/m1/s1. The maximum Gasteiger partial charge on any atom is 0.406 e. The lowest BCUT2D eigenvalue weighted by Crippen LogP contribution is -2.70. The van der Waals surface area contributed by atoms with Gasteiger partial charge in [-0.3, -0.25) is 9.59 Å². The Bertz CT molecular complexity index is 520. The fourth-order valence-corrected chi connectivity index (χ4v) is 4.69. The molecular weight excluding hydrogens is 337 g/mol. The molecule has 144 valence electrons. The van der Waals surface area contributed by atoms with Crippen molar-refractivity contribution in [3.8, 4) is 0 Å². The number of ether oxygens (including phenoxy) is 1. The minimum atomic E-state index is -4.45. The van der Waals surface area contributed by atoms with Gasteiger partial charge in [-0.25, -0.2) is 0 Å². The summed E-state index contributed by atoms with van der Waals surface area (Å²) in [7, 11) is 1.66. The Morgan fingerprint density at radius 1 is 1.36 bits per heavy atom. The minimum absolute atomic E-state index is 0.0414. The number of nitrogens with zero attached hydrogens (tertiary/aromatic N) is 1. The highest BCUT2D eigenvalue weighted by molar-refractivity contribution is 5.89. The summed E-state index contributed by atoms with van der Waals surface area (Å²) in [6.07, 6.45) is -2.90. The molecule has 1 aliphatic carbocycles. The van der Waals surface area contributed by atoms with Crippen LogP contribution in [0.1, 0.15) is 40.0 Å². The van der Waals surface area contributed by atoms with Crippen molar-refractivity contribution in [1.82, 2.24) is 10.2 Å². The highest BCUT2D eigenvalue weighted by Gasteiger charge is 2.59. The molecule has 2 aliphatic rings. The molecule has 1 N–H and O–H groups in total. The molecule has 0 radical (unpaired) electrons. The van der Waals surface area contributed by atoms with E-state index in [1.165, 1.54) is 0 Å². The number of amides is 2. The number of carbonyl (C=O) groups is 2. The smallest absolute Gasteiger partial charge is 0.380 e. The van der Waals surface area contributed by atoms with Crippen LogP contribution < -0.4 is 5.32 Å². The molecule has 0 aromatic carbocycles. The fourth-order valence-electron chi connectivity index (χ4n) is 4.69. The van der Waals surface area contributed by atoms with Crippen LogP contribution in [0.5, 0.6) is 0 Å². The van der Waals surface area contributed by atoms with Crippen molar-refractivity contribution in [1.29, 1.82) is 0 Å². The van der Waals surface area contributed by atoms with Gasteiger partial charge < -0.3 is 15.0 Å². The van der Waals surface area contributed by atoms with Crippen LogP contribution in [0.3, 0.4) is 0 Å². The van der Waals surface area contributed by atoms with Crippen molar-refractivity contribution in [3.05, 3.63) is 0 Å². The largest absolute Gasteiger partial charge is 0.406 e. The first-order valence-corrected chi connectivity index (χ1v) is 8.77. The van der Waals surface area contributed by atoms with E-state index in [0.717, 1.165) is 17.7 Å². The zero-order valence-corrected chi connectivity index (χ0v) is 15.2. The van der Waals surface area contributed by atoms with Crippen LogP contribution in [0.4, 0.5) is 13.2 Å². The van der Waals surface area contributed by atoms with Crippen molar-refractivity contribution in [3.63, 3.8) is 0 Å². The summed E-state index contributed by atoms with van der Waals surface area (Å²) >= 11 is 0. The van der Waals surface area contributed by atoms with Crippen LogP contribution in [0.2, 0.25) is 0 Å². The van der Waals surface area contributed by atoms with E-state index in [2.05, 4.69) is 5.32 Å². The summed E-state index contributed by atoms with van der Waals surface area (Å²) in [6.45, 7) is 4.62. The molecule has 0 bridgehead atoms. The van der Waals surface area contributed by atoms with Crippen LogP contribution >= 0.6 is 0 Å². The number of methoxy groups -OCH3 is 1. The highest BCUT2D eigenvalue weighted by Crippen LogP contribution is 2.52. The molecule has 1 aliphatic heterocycles. The first-order valence-electron chi connectivity index (χ1n) is 8.77. The average Bonchev–Trinajstić information content (AvgIpc) is 2.88. The second kappa shape index (κ2) is 7.13. The number of carbonyl (C=O) groups excluding carboxylic acids is 2. The normalized spacial score (nSPS) is 31.8. The molecule has 5 nitrogen and oxygen atoms in total. The first kappa shape index (κ1) is 20.0. The Labute approximate surface area is 146 Å². The van der Waals surface area contributed by atoms with E-state index in [-0.39, 0.29) is 42.4 Å². The predicted octanol–water partition coefficient (Wildman–Crippen LogP) is 2.35. The molecule has 0 aromatic rings. The van der Waals surface area contributed by atoms with E-state index >= 15 is 0 Å². The molecular formula is C17H27F3N2O3. The first-order chi connectivity index (χ1) is 11.6. The number of hydrogen-bond acceptors (Lipinski definition) is 3. The number of alkyl halides is 3. The Kier molecular flexibility index (Phi) is 5.71. The molecule has 2 fully saturated rings. The number of nitrogens with one attached hydrogen (secondary N) is 1. The van der Waals surface area contributed by atoms with Gasteiger partial charge in [0.15, 0.2) is 0 Å². The van der Waals surface area contributed by atoms with Crippen LogP contribution in [0, 0.1) is 17.3 Å².